The summed E-state index contributed by atoms with van der Waals surface area (Å²) in [6, 6.07) is 8.98. The van der Waals surface area contributed by atoms with Gasteiger partial charge in [0.2, 0.25) is 12.7 Å². The van der Waals surface area contributed by atoms with Crippen molar-refractivity contribution in [3.05, 3.63) is 54.5 Å². The Labute approximate surface area is 255 Å². The Morgan fingerprint density at radius 2 is 1.89 bits per heavy atom. The zero-order valence-corrected chi connectivity index (χ0v) is 25.7. The molecule has 2 aliphatic rings. The number of amides is 3. The highest BCUT2D eigenvalue weighted by Crippen LogP contribution is 2.34. The molecule has 44 heavy (non-hydrogen) atoms. The van der Waals surface area contributed by atoms with E-state index in [2.05, 4.69) is 15.0 Å². The van der Waals surface area contributed by atoms with Crippen LogP contribution in [0.4, 0.5) is 16.2 Å². The van der Waals surface area contributed by atoms with Gasteiger partial charge in [-0.1, -0.05) is 6.92 Å². The monoisotopic (exact) mass is 628 g/mol. The van der Waals surface area contributed by atoms with E-state index in [1.807, 2.05) is 6.92 Å². The molecule has 3 aromatic rings. The maximum atomic E-state index is 13.5. The zero-order chi connectivity index (χ0) is 31.6. The highest BCUT2D eigenvalue weighted by atomic mass is 32.2. The van der Waals surface area contributed by atoms with Crippen LogP contribution in [0.25, 0.3) is 0 Å². The standard InChI is InChI=1S/C29H36N6O8S/c1-18-12-35(19(2)15-36)28(37)10-20-9-22(32-44(39,40)27-14-33(3)16-30-27)6-7-23(20)43-26(18)13-34(4)29(38)31-21-5-8-24-25(11-21)42-17-41-24/h5-9,11,14,16,18-19,26,32,36H,10,12-13,15,17H2,1-4H3,(H,31,38)/t18-,19-,26+/m0/s1. The molecular formula is C29H36N6O8S. The number of sulfonamides is 1. The van der Waals surface area contributed by atoms with E-state index in [0.29, 0.717) is 28.5 Å². The quantitative estimate of drug-likeness (QED) is 0.339. The summed E-state index contributed by atoms with van der Waals surface area (Å²) in [6.45, 7) is 3.99. The molecule has 15 heteroatoms. The Morgan fingerprint density at radius 3 is 2.61 bits per heavy atom. The molecule has 3 atom stereocenters. The lowest BCUT2D eigenvalue weighted by Crippen LogP contribution is -2.48. The first kappa shape index (κ1) is 30.9. The lowest BCUT2D eigenvalue weighted by molar-refractivity contribution is -0.134. The number of likely N-dealkylation sites (N-methyl/N-ethyl adjacent to an activating group) is 1. The minimum Gasteiger partial charge on any atom is -0.488 e. The SMILES string of the molecule is C[C@H]1CN([C@@H](C)CO)C(=O)Cc2cc(NS(=O)(=O)c3cn(C)cn3)ccc2O[C@@H]1CN(C)C(=O)Nc1ccc2c(c1)OCO2. The third kappa shape index (κ3) is 6.83. The van der Waals surface area contributed by atoms with Crippen molar-refractivity contribution in [2.24, 2.45) is 13.0 Å². The van der Waals surface area contributed by atoms with E-state index in [9.17, 15) is 23.1 Å². The number of carbonyl (C=O) groups is 2. The number of aliphatic hydroxyl groups excluding tert-OH is 1. The fraction of sp³-hybridized carbons (Fsp3) is 0.414. The summed E-state index contributed by atoms with van der Waals surface area (Å²) >= 11 is 0. The zero-order valence-electron chi connectivity index (χ0n) is 24.9. The van der Waals surface area contributed by atoms with Gasteiger partial charge in [0, 0.05) is 55.8 Å². The van der Waals surface area contributed by atoms with Crippen molar-refractivity contribution in [1.29, 1.82) is 0 Å². The molecule has 236 valence electrons. The van der Waals surface area contributed by atoms with Gasteiger partial charge in [0.1, 0.15) is 11.9 Å². The van der Waals surface area contributed by atoms with Crippen LogP contribution in [0.3, 0.4) is 0 Å². The summed E-state index contributed by atoms with van der Waals surface area (Å²) in [5.74, 6) is 1.04. The molecular weight excluding hydrogens is 592 g/mol. The molecule has 5 rings (SSSR count). The number of imidazole rings is 1. The van der Waals surface area contributed by atoms with E-state index in [1.54, 1.807) is 62.3 Å². The van der Waals surface area contributed by atoms with Gasteiger partial charge in [-0.15, -0.1) is 0 Å². The number of rotatable bonds is 8. The van der Waals surface area contributed by atoms with Crippen molar-refractivity contribution in [2.75, 3.05) is 43.6 Å². The number of carbonyl (C=O) groups excluding carboxylic acids is 2. The van der Waals surface area contributed by atoms with Crippen LogP contribution in [-0.2, 0) is 28.3 Å². The summed E-state index contributed by atoms with van der Waals surface area (Å²) in [4.78, 5) is 33.6. The maximum Gasteiger partial charge on any atom is 0.321 e. The molecule has 0 saturated heterocycles. The number of hydrogen-bond acceptors (Lipinski definition) is 9. The largest absolute Gasteiger partial charge is 0.488 e. The number of ether oxygens (including phenoxy) is 3. The summed E-state index contributed by atoms with van der Waals surface area (Å²) in [6.07, 6.45) is 2.12. The second-order valence-corrected chi connectivity index (χ2v) is 12.7. The van der Waals surface area contributed by atoms with Crippen molar-refractivity contribution < 1.29 is 37.3 Å². The van der Waals surface area contributed by atoms with Crippen LogP contribution in [0.1, 0.15) is 19.4 Å². The number of nitrogens with one attached hydrogen (secondary N) is 2. The molecule has 2 aliphatic heterocycles. The maximum absolute atomic E-state index is 13.5. The molecule has 1 aromatic heterocycles. The molecule has 0 aliphatic carbocycles. The predicted octanol–water partition coefficient (Wildman–Crippen LogP) is 2.26. The number of nitrogens with zero attached hydrogens (tertiary/aromatic N) is 4. The normalized spacial score (nSPS) is 18.8. The molecule has 0 bridgehead atoms. The molecule has 3 heterocycles. The first-order valence-electron chi connectivity index (χ1n) is 14.1. The van der Waals surface area contributed by atoms with Gasteiger partial charge >= 0.3 is 6.03 Å². The Hall–Kier alpha value is -4.50. The number of aromatic nitrogens is 2. The fourth-order valence-corrected chi connectivity index (χ4v) is 6.02. The molecule has 0 saturated carbocycles. The average molecular weight is 629 g/mol. The van der Waals surface area contributed by atoms with Crippen molar-refractivity contribution in [2.45, 2.75) is 37.4 Å². The Kier molecular flexibility index (Phi) is 8.87. The Balaban J connectivity index is 1.38. The molecule has 0 radical (unpaired) electrons. The minimum absolute atomic E-state index is 0.0846. The van der Waals surface area contributed by atoms with Gasteiger partial charge in [-0.05, 0) is 37.3 Å². The second kappa shape index (κ2) is 12.6. The smallest absolute Gasteiger partial charge is 0.321 e. The highest BCUT2D eigenvalue weighted by molar-refractivity contribution is 7.92. The van der Waals surface area contributed by atoms with E-state index in [1.165, 1.54) is 22.0 Å². The molecule has 0 spiro atoms. The fourth-order valence-electron chi connectivity index (χ4n) is 4.99. The van der Waals surface area contributed by atoms with Gasteiger partial charge < -0.3 is 39.0 Å². The number of benzene rings is 2. The summed E-state index contributed by atoms with van der Waals surface area (Å²) in [5.41, 5.74) is 1.23. The van der Waals surface area contributed by atoms with Crippen LogP contribution in [0.5, 0.6) is 17.2 Å². The van der Waals surface area contributed by atoms with Crippen LogP contribution in [0.15, 0.2) is 53.9 Å². The van der Waals surface area contributed by atoms with E-state index < -0.39 is 22.2 Å². The van der Waals surface area contributed by atoms with Gasteiger partial charge in [-0.2, -0.15) is 8.42 Å². The number of fused-ring (bicyclic) bond motifs is 2. The lowest BCUT2D eigenvalue weighted by atomic mass is 10.0. The topological polar surface area (TPSA) is 165 Å². The number of aryl methyl sites for hydroxylation is 1. The first-order valence-corrected chi connectivity index (χ1v) is 15.5. The van der Waals surface area contributed by atoms with Gasteiger partial charge in [-0.25, -0.2) is 9.78 Å². The molecule has 2 aromatic carbocycles. The predicted molar refractivity (Wildman–Crippen MR) is 160 cm³/mol. The molecule has 0 unspecified atom stereocenters. The Morgan fingerprint density at radius 1 is 1.16 bits per heavy atom. The third-order valence-electron chi connectivity index (χ3n) is 7.55. The Bertz CT molecular complexity index is 1640. The van der Waals surface area contributed by atoms with Crippen molar-refractivity contribution in [3.8, 4) is 17.2 Å². The number of anilines is 2. The van der Waals surface area contributed by atoms with Crippen LogP contribution in [0, 0.1) is 5.92 Å². The minimum atomic E-state index is -3.98. The van der Waals surface area contributed by atoms with Gasteiger partial charge in [0.05, 0.1) is 31.9 Å². The first-order chi connectivity index (χ1) is 20.9. The number of hydrogen-bond donors (Lipinski definition) is 3. The van der Waals surface area contributed by atoms with E-state index >= 15 is 0 Å². The summed E-state index contributed by atoms with van der Waals surface area (Å²) < 4.78 is 47.0. The number of urea groups is 1. The second-order valence-electron chi connectivity index (χ2n) is 11.1. The molecule has 14 nitrogen and oxygen atoms in total. The highest BCUT2D eigenvalue weighted by Gasteiger charge is 2.32. The lowest BCUT2D eigenvalue weighted by Gasteiger charge is -2.34. The van der Waals surface area contributed by atoms with Crippen molar-refractivity contribution in [3.63, 3.8) is 0 Å². The van der Waals surface area contributed by atoms with Crippen LogP contribution in [0.2, 0.25) is 0 Å². The summed E-state index contributed by atoms with van der Waals surface area (Å²) in [7, 11) is -0.671. The van der Waals surface area contributed by atoms with E-state index in [0.717, 1.165) is 0 Å². The van der Waals surface area contributed by atoms with Gasteiger partial charge in [-0.3, -0.25) is 9.52 Å². The third-order valence-corrected chi connectivity index (χ3v) is 8.82. The van der Waals surface area contributed by atoms with Gasteiger partial charge in [0.25, 0.3) is 10.0 Å². The van der Waals surface area contributed by atoms with Crippen molar-refractivity contribution in [1.82, 2.24) is 19.4 Å². The van der Waals surface area contributed by atoms with Crippen LogP contribution in [-0.4, -0.2) is 90.5 Å². The number of aliphatic hydroxyl groups is 1. The van der Waals surface area contributed by atoms with Gasteiger partial charge in [0.15, 0.2) is 16.5 Å². The van der Waals surface area contributed by atoms with Crippen LogP contribution < -0.4 is 24.2 Å². The van der Waals surface area contributed by atoms with Crippen molar-refractivity contribution >= 4 is 33.3 Å². The summed E-state index contributed by atoms with van der Waals surface area (Å²) in [5, 5.41) is 12.6. The molecule has 0 fully saturated rings. The van der Waals surface area contributed by atoms with E-state index in [4.69, 9.17) is 14.2 Å². The molecule has 3 N–H and O–H groups in total. The van der Waals surface area contributed by atoms with E-state index in [-0.39, 0.29) is 61.5 Å². The van der Waals surface area contributed by atoms with Crippen LogP contribution >= 0.6 is 0 Å². The average Bonchev–Trinajstić information content (AvgIpc) is 3.65. The molecule has 3 amide bonds.